The highest BCUT2D eigenvalue weighted by Crippen LogP contribution is 2.27. The highest BCUT2D eigenvalue weighted by molar-refractivity contribution is 6.31. The number of rotatable bonds is 4. The van der Waals surface area contributed by atoms with Gasteiger partial charge >= 0.3 is 12.0 Å². The fourth-order valence-corrected chi connectivity index (χ4v) is 3.37. The molecule has 3 amide bonds. The Kier molecular flexibility index (Phi) is 4.82. The average molecular weight is 410 g/mol. The largest absolute Gasteiger partial charge is 0.468 e. The molecule has 7 nitrogen and oxygen atoms in total. The van der Waals surface area contributed by atoms with E-state index >= 15 is 0 Å². The maximum Gasteiger partial charge on any atom is 0.333 e. The normalized spacial score (nSPS) is 15.2. The van der Waals surface area contributed by atoms with Gasteiger partial charge in [-0.3, -0.25) is 9.59 Å². The third-order valence-corrected chi connectivity index (χ3v) is 4.86. The number of amides is 3. The summed E-state index contributed by atoms with van der Waals surface area (Å²) < 4.78 is 6.49. The number of fused-ring (bicyclic) bond motifs is 1. The van der Waals surface area contributed by atoms with Crippen molar-refractivity contribution in [2.75, 3.05) is 12.0 Å². The molecule has 2 aromatic carbocycles. The van der Waals surface area contributed by atoms with E-state index in [1.54, 1.807) is 41.1 Å². The smallest absolute Gasteiger partial charge is 0.333 e. The SMILES string of the molecule is COC(=O)Cn1cc(/C=C2/NC(=O)N(c3ccc(Cl)cc3)C2=O)c2ccccc21. The van der Waals surface area contributed by atoms with Gasteiger partial charge in [-0.1, -0.05) is 29.8 Å². The molecule has 0 bridgehead atoms. The van der Waals surface area contributed by atoms with Crippen molar-refractivity contribution in [3.05, 3.63) is 71.0 Å². The summed E-state index contributed by atoms with van der Waals surface area (Å²) in [6.07, 6.45) is 3.35. The Hall–Kier alpha value is -3.58. The Morgan fingerprint density at radius 1 is 1.14 bits per heavy atom. The van der Waals surface area contributed by atoms with E-state index in [4.69, 9.17) is 16.3 Å². The first-order valence-electron chi connectivity index (χ1n) is 8.75. The lowest BCUT2D eigenvalue weighted by Crippen LogP contribution is -2.30. The number of hydrogen-bond acceptors (Lipinski definition) is 4. The first kappa shape index (κ1) is 18.8. The lowest BCUT2D eigenvalue weighted by Gasteiger charge is -2.11. The summed E-state index contributed by atoms with van der Waals surface area (Å²) in [4.78, 5) is 38.0. The summed E-state index contributed by atoms with van der Waals surface area (Å²) >= 11 is 5.88. The summed E-state index contributed by atoms with van der Waals surface area (Å²) in [7, 11) is 1.33. The monoisotopic (exact) mass is 409 g/mol. The molecule has 146 valence electrons. The number of esters is 1. The van der Waals surface area contributed by atoms with Crippen molar-refractivity contribution in [3.63, 3.8) is 0 Å². The number of nitrogens with one attached hydrogen (secondary N) is 1. The van der Waals surface area contributed by atoms with Crippen LogP contribution < -0.4 is 10.2 Å². The van der Waals surface area contributed by atoms with Crippen LogP contribution >= 0.6 is 11.6 Å². The standard InChI is InChI=1S/C21H16ClN3O4/c1-29-19(26)12-24-11-13(16-4-2-3-5-18(16)24)10-17-20(27)25(21(28)23-17)15-8-6-14(22)7-9-15/h2-11H,12H2,1H3,(H,23,28)/b17-10+. The molecule has 4 rings (SSSR count). The van der Waals surface area contributed by atoms with Gasteiger partial charge in [-0.15, -0.1) is 0 Å². The predicted molar refractivity (Wildman–Crippen MR) is 109 cm³/mol. The number of aromatic nitrogens is 1. The van der Waals surface area contributed by atoms with E-state index in [9.17, 15) is 14.4 Å². The fraction of sp³-hybridized carbons (Fsp3) is 0.0952. The number of carbonyl (C=O) groups excluding carboxylic acids is 3. The second-order valence-electron chi connectivity index (χ2n) is 6.41. The molecule has 3 aromatic rings. The van der Waals surface area contributed by atoms with Crippen LogP contribution in [0.2, 0.25) is 5.02 Å². The summed E-state index contributed by atoms with van der Waals surface area (Å²) in [6, 6.07) is 13.4. The Morgan fingerprint density at radius 2 is 1.86 bits per heavy atom. The average Bonchev–Trinajstić information content (AvgIpc) is 3.20. The van der Waals surface area contributed by atoms with Gasteiger partial charge in [-0.25, -0.2) is 9.69 Å². The number of methoxy groups -OCH3 is 1. The molecule has 1 aliphatic rings. The van der Waals surface area contributed by atoms with Crippen LogP contribution in [-0.2, 0) is 20.9 Å². The molecule has 1 saturated heterocycles. The van der Waals surface area contributed by atoms with Crippen LogP contribution in [0, 0.1) is 0 Å². The number of hydrogen-bond donors (Lipinski definition) is 1. The molecular weight excluding hydrogens is 394 g/mol. The molecule has 1 aromatic heterocycles. The number of carbonyl (C=O) groups is 3. The lowest BCUT2D eigenvalue weighted by atomic mass is 10.1. The van der Waals surface area contributed by atoms with Crippen LogP contribution in [0.15, 0.2) is 60.4 Å². The molecule has 1 fully saturated rings. The minimum Gasteiger partial charge on any atom is -0.468 e. The molecule has 0 spiro atoms. The molecule has 0 unspecified atom stereocenters. The molecule has 8 heteroatoms. The highest BCUT2D eigenvalue weighted by Gasteiger charge is 2.35. The van der Waals surface area contributed by atoms with Crippen molar-refractivity contribution in [2.24, 2.45) is 0 Å². The third kappa shape index (κ3) is 3.48. The highest BCUT2D eigenvalue weighted by atomic mass is 35.5. The Balaban J connectivity index is 1.72. The van der Waals surface area contributed by atoms with Gasteiger partial charge in [0.1, 0.15) is 12.2 Å². The van der Waals surface area contributed by atoms with E-state index in [1.165, 1.54) is 7.11 Å². The number of nitrogens with zero attached hydrogens (tertiary/aromatic N) is 2. The summed E-state index contributed by atoms with van der Waals surface area (Å²) in [6.45, 7) is 0.0391. The molecule has 29 heavy (non-hydrogen) atoms. The zero-order valence-corrected chi connectivity index (χ0v) is 16.1. The molecule has 0 radical (unpaired) electrons. The quantitative estimate of drug-likeness (QED) is 0.406. The van der Waals surface area contributed by atoms with E-state index in [1.807, 2.05) is 24.3 Å². The summed E-state index contributed by atoms with van der Waals surface area (Å²) in [5, 5.41) is 3.96. The Labute approximate surface area is 171 Å². The van der Waals surface area contributed by atoms with E-state index in [-0.39, 0.29) is 18.2 Å². The topological polar surface area (TPSA) is 80.6 Å². The third-order valence-electron chi connectivity index (χ3n) is 4.61. The van der Waals surface area contributed by atoms with Gasteiger partial charge in [0, 0.05) is 27.7 Å². The van der Waals surface area contributed by atoms with Crippen molar-refractivity contribution in [2.45, 2.75) is 6.54 Å². The number of ether oxygens (including phenoxy) is 1. The van der Waals surface area contributed by atoms with E-state index in [2.05, 4.69) is 5.32 Å². The van der Waals surface area contributed by atoms with Gasteiger partial charge < -0.3 is 14.6 Å². The summed E-state index contributed by atoms with van der Waals surface area (Å²) in [5.41, 5.74) is 2.08. The van der Waals surface area contributed by atoms with Crippen molar-refractivity contribution in [1.82, 2.24) is 9.88 Å². The van der Waals surface area contributed by atoms with E-state index in [0.29, 0.717) is 16.3 Å². The fourth-order valence-electron chi connectivity index (χ4n) is 3.24. The lowest BCUT2D eigenvalue weighted by molar-refractivity contribution is -0.141. The molecular formula is C21H16ClN3O4. The van der Waals surface area contributed by atoms with Crippen molar-refractivity contribution in [3.8, 4) is 0 Å². The Bertz CT molecular complexity index is 1160. The number of anilines is 1. The van der Waals surface area contributed by atoms with Crippen LogP contribution in [0.1, 0.15) is 5.56 Å². The molecule has 1 aliphatic heterocycles. The maximum absolute atomic E-state index is 12.8. The van der Waals surface area contributed by atoms with Gasteiger partial charge in [0.15, 0.2) is 0 Å². The van der Waals surface area contributed by atoms with Crippen LogP contribution in [0.25, 0.3) is 17.0 Å². The number of urea groups is 1. The second-order valence-corrected chi connectivity index (χ2v) is 6.85. The van der Waals surface area contributed by atoms with Gasteiger partial charge in [-0.2, -0.15) is 0 Å². The van der Waals surface area contributed by atoms with Crippen LogP contribution in [0.4, 0.5) is 10.5 Å². The maximum atomic E-state index is 12.8. The second kappa shape index (κ2) is 7.44. The number of halogens is 1. The Morgan fingerprint density at radius 3 is 2.59 bits per heavy atom. The molecule has 0 aliphatic carbocycles. The van der Waals surface area contributed by atoms with Gasteiger partial charge in [0.25, 0.3) is 5.91 Å². The van der Waals surface area contributed by atoms with Gasteiger partial charge in [-0.05, 0) is 36.4 Å². The number of imide groups is 1. The van der Waals surface area contributed by atoms with E-state index < -0.39 is 11.9 Å². The van der Waals surface area contributed by atoms with Crippen molar-refractivity contribution in [1.29, 1.82) is 0 Å². The predicted octanol–water partition coefficient (Wildman–Crippen LogP) is 3.57. The molecule has 0 atom stereocenters. The first-order valence-corrected chi connectivity index (χ1v) is 9.13. The zero-order valence-electron chi connectivity index (χ0n) is 15.4. The van der Waals surface area contributed by atoms with E-state index in [0.717, 1.165) is 15.8 Å². The van der Waals surface area contributed by atoms with Crippen LogP contribution in [0.3, 0.4) is 0 Å². The minimum absolute atomic E-state index is 0.0391. The first-order chi connectivity index (χ1) is 14.0. The molecule has 2 heterocycles. The van der Waals surface area contributed by atoms with Crippen molar-refractivity contribution >= 4 is 52.2 Å². The van der Waals surface area contributed by atoms with Crippen LogP contribution in [0.5, 0.6) is 0 Å². The molecule has 1 N–H and O–H groups in total. The number of para-hydroxylation sites is 1. The minimum atomic E-state index is -0.540. The van der Waals surface area contributed by atoms with Crippen LogP contribution in [-0.4, -0.2) is 29.6 Å². The zero-order chi connectivity index (χ0) is 20.5. The number of benzene rings is 2. The summed E-state index contributed by atoms with van der Waals surface area (Å²) in [5.74, 6) is -0.855. The van der Waals surface area contributed by atoms with Gasteiger partial charge in [0.05, 0.1) is 12.8 Å². The molecule has 0 saturated carbocycles. The van der Waals surface area contributed by atoms with Crippen molar-refractivity contribution < 1.29 is 19.1 Å². The van der Waals surface area contributed by atoms with Gasteiger partial charge in [0.2, 0.25) is 0 Å².